The van der Waals surface area contributed by atoms with E-state index < -0.39 is 0 Å². The lowest BCUT2D eigenvalue weighted by Crippen LogP contribution is -2.11. The third kappa shape index (κ3) is 2.24. The number of rotatable bonds is 2. The fourth-order valence-electron chi connectivity index (χ4n) is 1.75. The lowest BCUT2D eigenvalue weighted by molar-refractivity contribution is 0.0998. The number of amides is 1. The standard InChI is InChI=1S/C11H7BrN4O2S/c1-5-7-3-2-6(12)4-8(7)18-9(5)10(17)13-11-14-15-16-19-11/h2-4H,1H3,(H,13,14,16,17). The average Bonchev–Trinajstić information content (AvgIpc) is 2.97. The molecule has 8 heteroatoms. The van der Waals surface area contributed by atoms with E-state index >= 15 is 0 Å². The summed E-state index contributed by atoms with van der Waals surface area (Å²) in [5.74, 6) is -0.0910. The molecule has 6 nitrogen and oxygen atoms in total. The van der Waals surface area contributed by atoms with Crippen LogP contribution in [0.3, 0.4) is 0 Å². The number of hydrogen-bond donors (Lipinski definition) is 1. The van der Waals surface area contributed by atoms with E-state index in [4.69, 9.17) is 4.42 Å². The SMILES string of the molecule is Cc1c(C(=O)Nc2nnns2)oc2cc(Br)ccc12. The summed E-state index contributed by atoms with van der Waals surface area (Å²) in [6.45, 7) is 1.84. The maximum absolute atomic E-state index is 12.1. The van der Waals surface area contributed by atoms with Crippen molar-refractivity contribution in [1.29, 1.82) is 0 Å². The Labute approximate surface area is 120 Å². The van der Waals surface area contributed by atoms with Crippen LogP contribution in [0.2, 0.25) is 0 Å². The van der Waals surface area contributed by atoms with Gasteiger partial charge in [-0.2, -0.15) is 0 Å². The highest BCUT2D eigenvalue weighted by Gasteiger charge is 2.18. The number of aryl methyl sites for hydroxylation is 1. The van der Waals surface area contributed by atoms with E-state index in [0.29, 0.717) is 10.7 Å². The Bertz CT molecular complexity index is 753. The molecule has 0 fully saturated rings. The van der Waals surface area contributed by atoms with Crippen molar-refractivity contribution in [3.05, 3.63) is 34.0 Å². The number of halogens is 1. The van der Waals surface area contributed by atoms with Crippen molar-refractivity contribution >= 4 is 49.5 Å². The molecule has 3 rings (SSSR count). The molecule has 2 heterocycles. The van der Waals surface area contributed by atoms with Crippen molar-refractivity contribution in [3.8, 4) is 0 Å². The van der Waals surface area contributed by atoms with E-state index in [1.54, 1.807) is 0 Å². The molecule has 0 radical (unpaired) electrons. The van der Waals surface area contributed by atoms with Gasteiger partial charge >= 0.3 is 0 Å². The van der Waals surface area contributed by atoms with Crippen LogP contribution in [0.1, 0.15) is 16.1 Å². The minimum atomic E-state index is -0.358. The van der Waals surface area contributed by atoms with E-state index in [-0.39, 0.29) is 11.7 Å². The van der Waals surface area contributed by atoms with E-state index in [1.807, 2.05) is 25.1 Å². The number of benzene rings is 1. The molecule has 3 aromatic rings. The highest BCUT2D eigenvalue weighted by molar-refractivity contribution is 9.10. The van der Waals surface area contributed by atoms with Crippen molar-refractivity contribution in [2.75, 3.05) is 5.32 Å². The van der Waals surface area contributed by atoms with Gasteiger partial charge in [0.25, 0.3) is 5.91 Å². The Hall–Kier alpha value is -1.80. The number of anilines is 1. The van der Waals surface area contributed by atoms with Crippen LogP contribution in [-0.4, -0.2) is 20.7 Å². The fraction of sp³-hybridized carbons (Fsp3) is 0.0909. The third-order valence-electron chi connectivity index (χ3n) is 2.63. The molecular weight excluding hydrogens is 332 g/mol. The Balaban J connectivity index is 2.00. The summed E-state index contributed by atoms with van der Waals surface area (Å²) in [4.78, 5) is 12.1. The van der Waals surface area contributed by atoms with Gasteiger partial charge in [-0.3, -0.25) is 10.1 Å². The van der Waals surface area contributed by atoms with Crippen LogP contribution in [0.25, 0.3) is 11.0 Å². The minimum Gasteiger partial charge on any atom is -0.451 e. The Morgan fingerprint density at radius 2 is 2.32 bits per heavy atom. The van der Waals surface area contributed by atoms with Crippen molar-refractivity contribution < 1.29 is 9.21 Å². The molecule has 96 valence electrons. The number of aromatic nitrogens is 3. The zero-order valence-corrected chi connectivity index (χ0v) is 12.1. The first-order valence-corrected chi connectivity index (χ1v) is 6.87. The summed E-state index contributed by atoms with van der Waals surface area (Å²) in [6, 6.07) is 5.63. The molecule has 2 aromatic heterocycles. The molecule has 0 aliphatic rings. The molecule has 0 unspecified atom stereocenters. The first-order chi connectivity index (χ1) is 9.15. The summed E-state index contributed by atoms with van der Waals surface area (Å²) in [6.07, 6.45) is 0. The van der Waals surface area contributed by atoms with E-state index in [0.717, 1.165) is 27.0 Å². The van der Waals surface area contributed by atoms with Crippen molar-refractivity contribution in [2.24, 2.45) is 0 Å². The quantitative estimate of drug-likeness (QED) is 0.776. The molecule has 1 N–H and O–H groups in total. The summed E-state index contributed by atoms with van der Waals surface area (Å²) in [5.41, 5.74) is 1.45. The van der Waals surface area contributed by atoms with Gasteiger partial charge in [-0.25, -0.2) is 0 Å². The maximum Gasteiger partial charge on any atom is 0.293 e. The largest absolute Gasteiger partial charge is 0.451 e. The van der Waals surface area contributed by atoms with Crippen molar-refractivity contribution in [2.45, 2.75) is 6.92 Å². The van der Waals surface area contributed by atoms with Crippen LogP contribution < -0.4 is 5.32 Å². The average molecular weight is 339 g/mol. The third-order valence-corrected chi connectivity index (χ3v) is 3.63. The van der Waals surface area contributed by atoms with Crippen LogP contribution in [0.15, 0.2) is 27.1 Å². The van der Waals surface area contributed by atoms with Crippen molar-refractivity contribution in [3.63, 3.8) is 0 Å². The second-order valence-electron chi connectivity index (χ2n) is 3.82. The Kier molecular flexibility index (Phi) is 3.03. The Morgan fingerprint density at radius 1 is 1.47 bits per heavy atom. The topological polar surface area (TPSA) is 80.9 Å². The molecule has 1 aromatic carbocycles. The molecule has 0 saturated carbocycles. The molecule has 0 aliphatic heterocycles. The maximum atomic E-state index is 12.1. The van der Waals surface area contributed by atoms with Gasteiger partial charge in [-0.15, -0.1) is 0 Å². The van der Waals surface area contributed by atoms with Gasteiger partial charge in [0, 0.05) is 27.0 Å². The molecule has 0 atom stereocenters. The minimum absolute atomic E-state index is 0.267. The summed E-state index contributed by atoms with van der Waals surface area (Å²) in [5, 5.41) is 10.9. The van der Waals surface area contributed by atoms with Crippen LogP contribution in [0.5, 0.6) is 0 Å². The number of fused-ring (bicyclic) bond motifs is 1. The van der Waals surface area contributed by atoms with E-state index in [2.05, 4.69) is 36.0 Å². The molecule has 0 bridgehead atoms. The van der Waals surface area contributed by atoms with Crippen molar-refractivity contribution in [1.82, 2.24) is 14.8 Å². The predicted molar refractivity (Wildman–Crippen MR) is 74.3 cm³/mol. The van der Waals surface area contributed by atoms with Gasteiger partial charge in [-0.1, -0.05) is 25.5 Å². The highest BCUT2D eigenvalue weighted by Crippen LogP contribution is 2.28. The monoisotopic (exact) mass is 338 g/mol. The number of carbonyl (C=O) groups is 1. The zero-order chi connectivity index (χ0) is 13.4. The first-order valence-electron chi connectivity index (χ1n) is 5.30. The molecule has 1 amide bonds. The number of hydrogen-bond acceptors (Lipinski definition) is 6. The first kappa shape index (κ1) is 12.2. The fourth-order valence-corrected chi connectivity index (χ4v) is 2.45. The number of nitrogens with zero attached hydrogens (tertiary/aromatic N) is 3. The lowest BCUT2D eigenvalue weighted by Gasteiger charge is -1.97. The number of nitrogens with one attached hydrogen (secondary N) is 1. The van der Waals surface area contributed by atoms with Gasteiger partial charge in [0.15, 0.2) is 5.76 Å². The van der Waals surface area contributed by atoms with Crippen LogP contribution >= 0.6 is 27.5 Å². The van der Waals surface area contributed by atoms with Gasteiger partial charge < -0.3 is 4.42 Å². The van der Waals surface area contributed by atoms with Gasteiger partial charge in [0.05, 0.1) is 0 Å². The number of furan rings is 1. The molecule has 19 heavy (non-hydrogen) atoms. The normalized spacial score (nSPS) is 10.8. The lowest BCUT2D eigenvalue weighted by atomic mass is 10.1. The van der Waals surface area contributed by atoms with Crippen LogP contribution in [-0.2, 0) is 0 Å². The summed E-state index contributed by atoms with van der Waals surface area (Å²) < 4.78 is 10.1. The second-order valence-corrected chi connectivity index (χ2v) is 5.47. The molecule has 0 spiro atoms. The molecule has 0 aliphatic carbocycles. The zero-order valence-electron chi connectivity index (χ0n) is 9.68. The number of carbonyl (C=O) groups excluding carboxylic acids is 1. The smallest absolute Gasteiger partial charge is 0.293 e. The van der Waals surface area contributed by atoms with E-state index in [1.165, 1.54) is 0 Å². The van der Waals surface area contributed by atoms with E-state index in [9.17, 15) is 4.79 Å². The summed E-state index contributed by atoms with van der Waals surface area (Å²) >= 11 is 4.37. The van der Waals surface area contributed by atoms with Crippen LogP contribution in [0.4, 0.5) is 5.13 Å². The predicted octanol–water partition coefficient (Wildman–Crippen LogP) is 3.00. The van der Waals surface area contributed by atoms with Gasteiger partial charge in [0.2, 0.25) is 5.13 Å². The highest BCUT2D eigenvalue weighted by atomic mass is 79.9. The van der Waals surface area contributed by atoms with Gasteiger partial charge in [-0.05, 0) is 30.3 Å². The molecular formula is C11H7BrN4O2S. The summed E-state index contributed by atoms with van der Waals surface area (Å²) in [7, 11) is 0. The van der Waals surface area contributed by atoms with Crippen LogP contribution in [0, 0.1) is 6.92 Å². The second kappa shape index (κ2) is 4.71. The Morgan fingerprint density at radius 3 is 3.05 bits per heavy atom. The van der Waals surface area contributed by atoms with Gasteiger partial charge in [0.1, 0.15) is 5.58 Å². The molecule has 0 saturated heterocycles.